The lowest BCUT2D eigenvalue weighted by Gasteiger charge is -1.97. The SMILES string of the molecule is N#CSCC=CC1CCCC1. The van der Waals surface area contributed by atoms with Crippen LogP contribution in [0.5, 0.6) is 0 Å². The Labute approximate surface area is 72.5 Å². The lowest BCUT2D eigenvalue weighted by atomic mass is 10.1. The Morgan fingerprint density at radius 2 is 2.18 bits per heavy atom. The molecule has 0 amide bonds. The van der Waals surface area contributed by atoms with E-state index in [0.29, 0.717) is 0 Å². The number of allylic oxidation sites excluding steroid dienone is 1. The number of hydrogen-bond acceptors (Lipinski definition) is 2. The van der Waals surface area contributed by atoms with Crippen LogP contribution in [0.1, 0.15) is 25.7 Å². The van der Waals surface area contributed by atoms with Crippen molar-refractivity contribution in [3.05, 3.63) is 12.2 Å². The number of rotatable bonds is 3. The number of nitriles is 1. The van der Waals surface area contributed by atoms with Gasteiger partial charge in [-0.3, -0.25) is 0 Å². The van der Waals surface area contributed by atoms with E-state index in [-0.39, 0.29) is 0 Å². The van der Waals surface area contributed by atoms with Crippen LogP contribution in [0.15, 0.2) is 12.2 Å². The van der Waals surface area contributed by atoms with E-state index in [1.54, 1.807) is 0 Å². The Morgan fingerprint density at radius 1 is 1.45 bits per heavy atom. The van der Waals surface area contributed by atoms with Gasteiger partial charge in [0.1, 0.15) is 5.40 Å². The first-order valence-electron chi connectivity index (χ1n) is 4.11. The van der Waals surface area contributed by atoms with Crippen molar-refractivity contribution in [2.75, 3.05) is 5.75 Å². The fourth-order valence-corrected chi connectivity index (χ4v) is 1.77. The molecule has 0 heterocycles. The highest BCUT2D eigenvalue weighted by molar-refractivity contribution is 8.03. The highest BCUT2D eigenvalue weighted by Crippen LogP contribution is 2.25. The minimum absolute atomic E-state index is 0.814. The molecule has 1 aliphatic carbocycles. The van der Waals surface area contributed by atoms with Crippen LogP contribution in [0.4, 0.5) is 0 Å². The predicted octanol–water partition coefficient (Wildman–Crippen LogP) is 2.95. The summed E-state index contributed by atoms with van der Waals surface area (Å²) in [6, 6.07) is 0. The Bertz CT molecular complexity index is 163. The molecule has 11 heavy (non-hydrogen) atoms. The highest BCUT2D eigenvalue weighted by Gasteiger charge is 2.10. The van der Waals surface area contributed by atoms with E-state index in [1.807, 2.05) is 0 Å². The third-order valence-corrected chi connectivity index (χ3v) is 2.54. The molecule has 0 N–H and O–H groups in total. The molecule has 0 unspecified atom stereocenters. The summed E-state index contributed by atoms with van der Waals surface area (Å²) in [5.74, 6) is 1.67. The van der Waals surface area contributed by atoms with Gasteiger partial charge in [-0.05, 0) is 30.5 Å². The van der Waals surface area contributed by atoms with E-state index in [1.165, 1.54) is 37.4 Å². The third kappa shape index (κ3) is 3.48. The van der Waals surface area contributed by atoms with Crippen molar-refractivity contribution in [3.63, 3.8) is 0 Å². The molecule has 0 spiro atoms. The van der Waals surface area contributed by atoms with Crippen LogP contribution < -0.4 is 0 Å². The predicted molar refractivity (Wildman–Crippen MR) is 49.2 cm³/mol. The smallest absolute Gasteiger partial charge is 0.133 e. The van der Waals surface area contributed by atoms with Gasteiger partial charge >= 0.3 is 0 Å². The van der Waals surface area contributed by atoms with Gasteiger partial charge in [-0.15, -0.1) is 0 Å². The monoisotopic (exact) mass is 167 g/mol. The quantitative estimate of drug-likeness (QED) is 0.366. The van der Waals surface area contributed by atoms with Gasteiger partial charge in [-0.25, -0.2) is 0 Å². The van der Waals surface area contributed by atoms with E-state index in [0.717, 1.165) is 11.7 Å². The number of hydrogen-bond donors (Lipinski definition) is 0. The summed E-state index contributed by atoms with van der Waals surface area (Å²) in [5.41, 5.74) is 0. The second-order valence-corrected chi connectivity index (χ2v) is 3.68. The van der Waals surface area contributed by atoms with Crippen LogP contribution in [-0.4, -0.2) is 5.75 Å². The van der Waals surface area contributed by atoms with Crippen molar-refractivity contribution >= 4 is 11.8 Å². The number of thioether (sulfide) groups is 1. The second-order valence-electron chi connectivity index (χ2n) is 2.87. The van der Waals surface area contributed by atoms with Gasteiger partial charge in [-0.1, -0.05) is 25.0 Å². The van der Waals surface area contributed by atoms with E-state index in [4.69, 9.17) is 5.26 Å². The topological polar surface area (TPSA) is 23.8 Å². The van der Waals surface area contributed by atoms with Crippen LogP contribution in [0.25, 0.3) is 0 Å². The van der Waals surface area contributed by atoms with Gasteiger partial charge in [0.05, 0.1) is 0 Å². The van der Waals surface area contributed by atoms with Crippen LogP contribution in [0.3, 0.4) is 0 Å². The molecule has 1 aliphatic rings. The largest absolute Gasteiger partial charge is 0.185 e. The first kappa shape index (κ1) is 8.67. The van der Waals surface area contributed by atoms with Gasteiger partial charge in [-0.2, -0.15) is 5.26 Å². The maximum Gasteiger partial charge on any atom is 0.133 e. The first-order chi connectivity index (χ1) is 5.43. The zero-order valence-electron chi connectivity index (χ0n) is 6.62. The second kappa shape index (κ2) is 5.26. The van der Waals surface area contributed by atoms with Crippen LogP contribution >= 0.6 is 11.8 Å². The Kier molecular flexibility index (Phi) is 4.15. The summed E-state index contributed by atoms with van der Waals surface area (Å²) in [6.07, 6.45) is 9.89. The molecule has 0 aromatic carbocycles. The molecule has 1 saturated carbocycles. The maximum absolute atomic E-state index is 8.24. The summed E-state index contributed by atoms with van der Waals surface area (Å²) in [5, 5.41) is 10.3. The average Bonchev–Trinajstić information content (AvgIpc) is 2.50. The molecule has 0 radical (unpaired) electrons. The molecule has 1 nitrogen and oxygen atoms in total. The van der Waals surface area contributed by atoms with Gasteiger partial charge in [0.15, 0.2) is 0 Å². The van der Waals surface area contributed by atoms with Crippen molar-refractivity contribution in [2.45, 2.75) is 25.7 Å². The summed E-state index contributed by atoms with van der Waals surface area (Å²) >= 11 is 1.31. The van der Waals surface area contributed by atoms with Crippen LogP contribution in [0, 0.1) is 16.6 Å². The zero-order valence-corrected chi connectivity index (χ0v) is 7.44. The fraction of sp³-hybridized carbons (Fsp3) is 0.667. The standard InChI is InChI=1S/C9H13NS/c10-8-11-7-3-6-9-4-1-2-5-9/h3,6,9H,1-2,4-5,7H2. The van der Waals surface area contributed by atoms with Crippen molar-refractivity contribution < 1.29 is 0 Å². The molecular formula is C9H13NS. The zero-order chi connectivity index (χ0) is 7.94. The first-order valence-corrected chi connectivity index (χ1v) is 5.09. The molecule has 0 aromatic rings. The van der Waals surface area contributed by atoms with Gasteiger partial charge in [0.2, 0.25) is 0 Å². The number of nitrogens with zero attached hydrogens (tertiary/aromatic N) is 1. The lowest BCUT2D eigenvalue weighted by molar-refractivity contribution is 0.685. The van der Waals surface area contributed by atoms with E-state index < -0.39 is 0 Å². The molecule has 0 aliphatic heterocycles. The average molecular weight is 167 g/mol. The molecule has 0 atom stereocenters. The Hall–Kier alpha value is -0.420. The van der Waals surface area contributed by atoms with Crippen LogP contribution in [0.2, 0.25) is 0 Å². The van der Waals surface area contributed by atoms with E-state index >= 15 is 0 Å². The van der Waals surface area contributed by atoms with Gasteiger partial charge in [0, 0.05) is 5.75 Å². The van der Waals surface area contributed by atoms with E-state index in [2.05, 4.69) is 17.6 Å². The van der Waals surface area contributed by atoms with E-state index in [9.17, 15) is 0 Å². The summed E-state index contributed by atoms with van der Waals surface area (Å²) in [7, 11) is 0. The third-order valence-electron chi connectivity index (χ3n) is 2.05. The minimum atomic E-state index is 0.814. The van der Waals surface area contributed by atoms with Crippen LogP contribution in [-0.2, 0) is 0 Å². The van der Waals surface area contributed by atoms with Crippen molar-refractivity contribution in [1.82, 2.24) is 0 Å². The summed E-state index contributed by atoms with van der Waals surface area (Å²) in [4.78, 5) is 0. The summed E-state index contributed by atoms with van der Waals surface area (Å²) < 4.78 is 0. The highest BCUT2D eigenvalue weighted by atomic mass is 32.2. The van der Waals surface area contributed by atoms with Crippen molar-refractivity contribution in [3.8, 4) is 5.40 Å². The molecule has 2 heteroatoms. The van der Waals surface area contributed by atoms with Crippen molar-refractivity contribution in [1.29, 1.82) is 5.26 Å². The molecular weight excluding hydrogens is 154 g/mol. The Balaban J connectivity index is 2.09. The molecule has 0 bridgehead atoms. The molecule has 60 valence electrons. The molecule has 1 fully saturated rings. The molecule has 1 rings (SSSR count). The lowest BCUT2D eigenvalue weighted by Crippen LogP contribution is -1.85. The normalized spacial score (nSPS) is 19.2. The molecule has 0 saturated heterocycles. The van der Waals surface area contributed by atoms with Crippen molar-refractivity contribution in [2.24, 2.45) is 5.92 Å². The summed E-state index contributed by atoms with van der Waals surface area (Å²) in [6.45, 7) is 0. The maximum atomic E-state index is 8.24. The molecule has 0 aromatic heterocycles. The van der Waals surface area contributed by atoms with Gasteiger partial charge < -0.3 is 0 Å². The Morgan fingerprint density at radius 3 is 2.82 bits per heavy atom. The minimum Gasteiger partial charge on any atom is -0.185 e. The fourth-order valence-electron chi connectivity index (χ4n) is 1.48. The van der Waals surface area contributed by atoms with Gasteiger partial charge in [0.25, 0.3) is 0 Å². The number of thiocyanates is 1.